The van der Waals surface area contributed by atoms with Gasteiger partial charge in [0.1, 0.15) is 19.0 Å². The number of aromatic nitrogens is 1. The van der Waals surface area contributed by atoms with Gasteiger partial charge in [-0.25, -0.2) is 4.98 Å². The quantitative estimate of drug-likeness (QED) is 0.181. The normalized spacial score (nSPS) is 18.6. The number of ether oxygens (including phenoxy) is 2. The number of aryl methyl sites for hydroxylation is 2. The standard InChI is InChI=1S/C28H21BrN2O5S/c1-14-10-15(2)23-21(11-14)37-28(30-23)31-24(16-4-3-5-18(29)12-16)22(26(33)27(31)34)25(32)17-6-7-19-20(13-17)36-9-8-35-19/h3-7,10-13,24,32H,8-9H2,1-2H3/b25-22-. The number of amides is 1. The van der Waals surface area contributed by atoms with Crippen molar-refractivity contribution < 1.29 is 24.2 Å². The summed E-state index contributed by atoms with van der Waals surface area (Å²) in [4.78, 5) is 33.2. The molecule has 3 aromatic carbocycles. The average Bonchev–Trinajstić information content (AvgIpc) is 3.42. The Morgan fingerprint density at radius 2 is 1.84 bits per heavy atom. The molecule has 9 heteroatoms. The number of fused-ring (bicyclic) bond motifs is 2. The lowest BCUT2D eigenvalue weighted by Crippen LogP contribution is -2.29. The molecular formula is C28H21BrN2O5S. The van der Waals surface area contributed by atoms with Crippen LogP contribution in [0.5, 0.6) is 11.5 Å². The van der Waals surface area contributed by atoms with Crippen LogP contribution in [-0.4, -0.2) is 35.0 Å². The maximum absolute atomic E-state index is 13.5. The maximum Gasteiger partial charge on any atom is 0.301 e. The molecule has 1 aromatic heterocycles. The highest BCUT2D eigenvalue weighted by Crippen LogP contribution is 2.45. The Balaban J connectivity index is 1.55. The monoisotopic (exact) mass is 576 g/mol. The fourth-order valence-corrected chi connectivity index (χ4v) is 6.42. The van der Waals surface area contributed by atoms with E-state index in [9.17, 15) is 14.7 Å². The highest BCUT2D eigenvalue weighted by atomic mass is 79.9. The Morgan fingerprint density at radius 3 is 2.62 bits per heavy atom. The van der Waals surface area contributed by atoms with Crippen LogP contribution >= 0.6 is 27.3 Å². The van der Waals surface area contributed by atoms with E-state index in [0.717, 1.165) is 25.8 Å². The van der Waals surface area contributed by atoms with Gasteiger partial charge in [0.05, 0.1) is 21.8 Å². The SMILES string of the molecule is Cc1cc(C)c2nc(N3C(=O)C(=O)/C(=C(\O)c4ccc5c(c4)OCCO5)C3c3cccc(Br)c3)sc2c1. The van der Waals surface area contributed by atoms with E-state index in [4.69, 9.17) is 14.5 Å². The van der Waals surface area contributed by atoms with Crippen molar-refractivity contribution >= 4 is 60.1 Å². The summed E-state index contributed by atoms with van der Waals surface area (Å²) >= 11 is 4.84. The third-order valence-electron chi connectivity index (χ3n) is 6.45. The summed E-state index contributed by atoms with van der Waals surface area (Å²) in [6.45, 7) is 4.80. The van der Waals surface area contributed by atoms with Crippen molar-refractivity contribution in [3.8, 4) is 11.5 Å². The van der Waals surface area contributed by atoms with Crippen LogP contribution in [-0.2, 0) is 9.59 Å². The largest absolute Gasteiger partial charge is 0.507 e. The van der Waals surface area contributed by atoms with Crippen molar-refractivity contribution in [2.45, 2.75) is 19.9 Å². The number of thiazole rings is 1. The zero-order valence-corrected chi connectivity index (χ0v) is 22.4. The van der Waals surface area contributed by atoms with Crippen LogP contribution in [0.4, 0.5) is 5.13 Å². The molecule has 1 saturated heterocycles. The molecule has 0 radical (unpaired) electrons. The van der Waals surface area contributed by atoms with Gasteiger partial charge in [-0.05, 0) is 66.9 Å². The second-order valence-corrected chi connectivity index (χ2v) is 10.9. The van der Waals surface area contributed by atoms with Gasteiger partial charge in [0.25, 0.3) is 5.78 Å². The molecule has 2 aliphatic rings. The van der Waals surface area contributed by atoms with E-state index in [0.29, 0.717) is 41.0 Å². The molecule has 0 saturated carbocycles. The van der Waals surface area contributed by atoms with E-state index in [1.165, 1.54) is 16.2 Å². The number of rotatable bonds is 3. The summed E-state index contributed by atoms with van der Waals surface area (Å²) in [5.41, 5.74) is 3.88. The van der Waals surface area contributed by atoms with Crippen molar-refractivity contribution in [1.29, 1.82) is 0 Å². The second kappa shape index (κ2) is 9.00. The first-order chi connectivity index (χ1) is 17.8. The zero-order chi connectivity index (χ0) is 25.8. The van der Waals surface area contributed by atoms with Crippen LogP contribution in [0.15, 0.2) is 64.6 Å². The number of benzene rings is 3. The number of aliphatic hydroxyl groups is 1. The van der Waals surface area contributed by atoms with Gasteiger partial charge in [-0.1, -0.05) is 45.5 Å². The van der Waals surface area contributed by atoms with Gasteiger partial charge in [-0.2, -0.15) is 0 Å². The van der Waals surface area contributed by atoms with Gasteiger partial charge in [-0.3, -0.25) is 14.5 Å². The van der Waals surface area contributed by atoms with Crippen LogP contribution in [0.1, 0.15) is 28.3 Å². The van der Waals surface area contributed by atoms with Gasteiger partial charge in [0.15, 0.2) is 16.6 Å². The third kappa shape index (κ3) is 3.98. The number of hydrogen-bond donors (Lipinski definition) is 1. The van der Waals surface area contributed by atoms with E-state index in [1.54, 1.807) is 18.2 Å². The Morgan fingerprint density at radius 1 is 1.05 bits per heavy atom. The lowest BCUT2D eigenvalue weighted by Gasteiger charge is -2.23. The van der Waals surface area contributed by atoms with Gasteiger partial charge < -0.3 is 14.6 Å². The molecule has 1 unspecified atom stereocenters. The first kappa shape index (κ1) is 23.7. The zero-order valence-electron chi connectivity index (χ0n) is 19.9. The predicted molar refractivity (Wildman–Crippen MR) is 145 cm³/mol. The molecule has 1 amide bonds. The molecule has 1 fully saturated rings. The summed E-state index contributed by atoms with van der Waals surface area (Å²) in [5.74, 6) is -0.759. The lowest BCUT2D eigenvalue weighted by molar-refractivity contribution is -0.132. The minimum Gasteiger partial charge on any atom is -0.507 e. The topological polar surface area (TPSA) is 89.0 Å². The number of aliphatic hydroxyl groups excluding tert-OH is 1. The van der Waals surface area contributed by atoms with Crippen molar-refractivity contribution in [2.75, 3.05) is 18.1 Å². The van der Waals surface area contributed by atoms with E-state index in [2.05, 4.69) is 15.9 Å². The van der Waals surface area contributed by atoms with Crippen LogP contribution < -0.4 is 14.4 Å². The van der Waals surface area contributed by atoms with Crippen LogP contribution in [0.2, 0.25) is 0 Å². The minimum absolute atomic E-state index is 0.00747. The fourth-order valence-electron chi connectivity index (χ4n) is 4.83. The van der Waals surface area contributed by atoms with E-state index in [-0.39, 0.29) is 11.3 Å². The van der Waals surface area contributed by atoms with Gasteiger partial charge in [-0.15, -0.1) is 0 Å². The average molecular weight is 577 g/mol. The number of halogens is 1. The van der Waals surface area contributed by atoms with Crippen molar-refractivity contribution in [2.24, 2.45) is 0 Å². The molecule has 0 spiro atoms. The first-order valence-electron chi connectivity index (χ1n) is 11.7. The summed E-state index contributed by atoms with van der Waals surface area (Å²) in [6, 6.07) is 15.5. The molecule has 0 bridgehead atoms. The van der Waals surface area contributed by atoms with Crippen molar-refractivity contribution in [3.63, 3.8) is 0 Å². The van der Waals surface area contributed by atoms with Gasteiger partial charge in [0.2, 0.25) is 0 Å². The third-order valence-corrected chi connectivity index (χ3v) is 7.94. The highest BCUT2D eigenvalue weighted by Gasteiger charge is 2.48. The highest BCUT2D eigenvalue weighted by molar-refractivity contribution is 9.10. The Hall–Kier alpha value is -3.69. The molecule has 186 valence electrons. The number of anilines is 1. The molecular weight excluding hydrogens is 556 g/mol. The number of carbonyl (C=O) groups is 2. The molecule has 37 heavy (non-hydrogen) atoms. The van der Waals surface area contributed by atoms with Crippen LogP contribution in [0, 0.1) is 13.8 Å². The summed E-state index contributed by atoms with van der Waals surface area (Å²) < 4.78 is 13.0. The number of Topliss-reactive ketones (excluding diaryl/α,β-unsaturated/α-hetero) is 1. The van der Waals surface area contributed by atoms with Gasteiger partial charge in [0, 0.05) is 10.0 Å². The molecule has 0 aliphatic carbocycles. The summed E-state index contributed by atoms with van der Waals surface area (Å²) in [6.07, 6.45) is 0. The Bertz CT molecular complexity index is 1640. The molecule has 7 nitrogen and oxygen atoms in total. The van der Waals surface area contributed by atoms with Crippen molar-refractivity contribution in [3.05, 3.63) is 86.9 Å². The molecule has 1 atom stereocenters. The molecule has 4 aromatic rings. The van der Waals surface area contributed by atoms with Gasteiger partial charge >= 0.3 is 5.91 Å². The van der Waals surface area contributed by atoms with E-state index in [1.807, 2.05) is 50.2 Å². The predicted octanol–water partition coefficient (Wildman–Crippen LogP) is 6.07. The number of nitrogens with zero attached hydrogens (tertiary/aromatic N) is 2. The number of carbonyl (C=O) groups excluding carboxylic acids is 2. The smallest absolute Gasteiger partial charge is 0.301 e. The Labute approximate surface area is 225 Å². The second-order valence-electron chi connectivity index (χ2n) is 9.01. The summed E-state index contributed by atoms with van der Waals surface area (Å²) in [7, 11) is 0. The summed E-state index contributed by atoms with van der Waals surface area (Å²) in [5, 5.41) is 11.9. The molecule has 1 N–H and O–H groups in total. The van der Waals surface area contributed by atoms with Crippen LogP contribution in [0.25, 0.3) is 16.0 Å². The first-order valence-corrected chi connectivity index (χ1v) is 13.3. The maximum atomic E-state index is 13.5. The Kier molecular flexibility index (Phi) is 5.77. The number of ketones is 1. The van der Waals surface area contributed by atoms with Crippen LogP contribution in [0.3, 0.4) is 0 Å². The van der Waals surface area contributed by atoms with E-state index >= 15 is 0 Å². The van der Waals surface area contributed by atoms with E-state index < -0.39 is 17.7 Å². The minimum atomic E-state index is -0.868. The molecule has 2 aliphatic heterocycles. The molecule has 3 heterocycles. The fraction of sp³-hybridized carbons (Fsp3) is 0.179. The molecule has 6 rings (SSSR count). The lowest BCUT2D eigenvalue weighted by atomic mass is 9.95. The van der Waals surface area contributed by atoms with Crippen molar-refractivity contribution in [1.82, 2.24) is 4.98 Å². The number of hydrogen-bond acceptors (Lipinski definition) is 7.